The Labute approximate surface area is 165 Å². The largest absolute Gasteiger partial charge is 0.496 e. The summed E-state index contributed by atoms with van der Waals surface area (Å²) in [7, 11) is 1.59. The van der Waals surface area contributed by atoms with Gasteiger partial charge in [-0.2, -0.15) is 0 Å². The van der Waals surface area contributed by atoms with Crippen molar-refractivity contribution in [2.75, 3.05) is 40.0 Å². The van der Waals surface area contributed by atoms with Crippen LogP contribution in [0.25, 0.3) is 0 Å². The summed E-state index contributed by atoms with van der Waals surface area (Å²) in [5.41, 5.74) is 1.87. The fourth-order valence-electron chi connectivity index (χ4n) is 3.27. The Balaban J connectivity index is 1.71. The molecule has 1 atom stereocenters. The van der Waals surface area contributed by atoms with Gasteiger partial charge in [-0.25, -0.2) is 0 Å². The monoisotopic (exact) mass is 388 g/mol. The van der Waals surface area contributed by atoms with Gasteiger partial charge in [0, 0.05) is 30.2 Å². The van der Waals surface area contributed by atoms with Crippen LogP contribution < -0.4 is 10.1 Å². The van der Waals surface area contributed by atoms with Crippen LogP contribution in [-0.4, -0.2) is 50.8 Å². The van der Waals surface area contributed by atoms with E-state index in [0.29, 0.717) is 10.8 Å². The first-order valence-corrected chi connectivity index (χ1v) is 9.50. The molecule has 6 heteroatoms. The number of benzene rings is 2. The maximum atomic E-state index is 12.8. The molecular weight excluding hydrogens is 364 g/mol. The quantitative estimate of drug-likeness (QED) is 0.792. The van der Waals surface area contributed by atoms with E-state index in [0.717, 1.165) is 44.0 Å². The minimum Gasteiger partial charge on any atom is -0.496 e. The molecule has 144 valence electrons. The Hall–Kier alpha value is -2.08. The Bertz CT molecular complexity index is 748. The van der Waals surface area contributed by atoms with E-state index in [9.17, 15) is 4.79 Å². The van der Waals surface area contributed by atoms with E-state index in [1.165, 1.54) is 0 Å². The van der Waals surface area contributed by atoms with E-state index in [2.05, 4.69) is 10.2 Å². The van der Waals surface area contributed by atoms with Gasteiger partial charge in [-0.15, -0.1) is 0 Å². The highest BCUT2D eigenvalue weighted by Crippen LogP contribution is 2.23. The van der Waals surface area contributed by atoms with Crippen LogP contribution in [0, 0.1) is 0 Å². The number of ether oxygens (including phenoxy) is 2. The molecule has 1 aliphatic rings. The van der Waals surface area contributed by atoms with E-state index < -0.39 is 0 Å². The predicted octanol–water partition coefficient (Wildman–Crippen LogP) is 3.08. The molecule has 1 heterocycles. The summed E-state index contributed by atoms with van der Waals surface area (Å²) < 4.78 is 10.8. The van der Waals surface area contributed by atoms with Crippen molar-refractivity contribution in [2.45, 2.75) is 12.5 Å². The zero-order valence-electron chi connectivity index (χ0n) is 15.5. The normalized spacial score (nSPS) is 15.9. The van der Waals surface area contributed by atoms with Crippen molar-refractivity contribution in [1.29, 1.82) is 0 Å². The fraction of sp³-hybridized carbons (Fsp3) is 0.381. The molecular formula is C21H25ClN2O3. The third kappa shape index (κ3) is 5.70. The number of hydrogen-bond donors (Lipinski definition) is 1. The summed E-state index contributed by atoms with van der Waals surface area (Å²) in [5.74, 6) is 0.608. The summed E-state index contributed by atoms with van der Waals surface area (Å²) >= 11 is 6.08. The standard InChI is InChI=1S/C21H25ClN2O3/c1-26-20-8-7-18(22)13-17(20)14-21(25)23-19(16-5-3-2-4-6-16)15-24-9-11-27-12-10-24/h2-8,13,19H,9-12,14-15H2,1H3,(H,23,25)/t19-/m1/s1. The van der Waals surface area contributed by atoms with Crippen LogP contribution in [0.15, 0.2) is 48.5 Å². The average molecular weight is 389 g/mol. The molecule has 3 rings (SSSR count). The highest BCUT2D eigenvalue weighted by molar-refractivity contribution is 6.30. The number of carbonyl (C=O) groups excluding carboxylic acids is 1. The maximum Gasteiger partial charge on any atom is 0.225 e. The van der Waals surface area contributed by atoms with E-state index in [1.54, 1.807) is 25.3 Å². The lowest BCUT2D eigenvalue weighted by molar-refractivity contribution is -0.121. The van der Waals surface area contributed by atoms with Gasteiger partial charge in [0.15, 0.2) is 0 Å². The van der Waals surface area contributed by atoms with E-state index in [-0.39, 0.29) is 18.4 Å². The Morgan fingerprint density at radius 3 is 2.67 bits per heavy atom. The molecule has 1 N–H and O–H groups in total. The molecule has 2 aromatic carbocycles. The second kappa shape index (κ2) is 9.74. The SMILES string of the molecule is COc1ccc(Cl)cc1CC(=O)N[C@H](CN1CCOCC1)c1ccccc1. The molecule has 1 saturated heterocycles. The van der Waals surface area contributed by atoms with Crippen molar-refractivity contribution in [3.8, 4) is 5.75 Å². The summed E-state index contributed by atoms with van der Waals surface area (Å²) in [4.78, 5) is 15.1. The van der Waals surface area contributed by atoms with Gasteiger partial charge in [0.25, 0.3) is 0 Å². The first-order valence-electron chi connectivity index (χ1n) is 9.12. The lowest BCUT2D eigenvalue weighted by Crippen LogP contribution is -2.43. The molecule has 0 saturated carbocycles. The molecule has 2 aromatic rings. The first kappa shape index (κ1) is 19.7. The lowest BCUT2D eigenvalue weighted by Gasteiger charge is -2.31. The first-order chi connectivity index (χ1) is 13.2. The summed E-state index contributed by atoms with van der Waals surface area (Å²) in [6, 6.07) is 15.3. The third-order valence-electron chi connectivity index (χ3n) is 4.68. The van der Waals surface area contributed by atoms with Crippen molar-refractivity contribution in [3.05, 3.63) is 64.7 Å². The van der Waals surface area contributed by atoms with Crippen LogP contribution in [0.5, 0.6) is 5.75 Å². The Morgan fingerprint density at radius 2 is 1.96 bits per heavy atom. The molecule has 0 aliphatic carbocycles. The number of carbonyl (C=O) groups is 1. The minimum absolute atomic E-state index is 0.0577. The summed E-state index contributed by atoms with van der Waals surface area (Å²) in [6.45, 7) is 3.97. The number of hydrogen-bond acceptors (Lipinski definition) is 4. The van der Waals surface area contributed by atoms with Crippen molar-refractivity contribution in [2.24, 2.45) is 0 Å². The van der Waals surface area contributed by atoms with E-state index in [4.69, 9.17) is 21.1 Å². The molecule has 27 heavy (non-hydrogen) atoms. The number of halogens is 1. The molecule has 0 unspecified atom stereocenters. The van der Waals surface area contributed by atoms with Gasteiger partial charge < -0.3 is 14.8 Å². The van der Waals surface area contributed by atoms with Crippen LogP contribution in [0.2, 0.25) is 5.02 Å². The zero-order valence-corrected chi connectivity index (χ0v) is 16.2. The lowest BCUT2D eigenvalue weighted by atomic mass is 10.0. The van der Waals surface area contributed by atoms with Crippen LogP contribution in [-0.2, 0) is 16.0 Å². The van der Waals surface area contributed by atoms with Gasteiger partial charge in [0.05, 0.1) is 32.8 Å². The maximum absolute atomic E-state index is 12.8. The van der Waals surface area contributed by atoms with E-state index in [1.807, 2.05) is 30.3 Å². The van der Waals surface area contributed by atoms with Crippen LogP contribution in [0.3, 0.4) is 0 Å². The third-order valence-corrected chi connectivity index (χ3v) is 4.91. The van der Waals surface area contributed by atoms with Crippen LogP contribution >= 0.6 is 11.6 Å². The average Bonchev–Trinajstić information content (AvgIpc) is 2.69. The summed E-state index contributed by atoms with van der Waals surface area (Å²) in [5, 5.41) is 3.77. The van der Waals surface area contributed by atoms with Crippen molar-refractivity contribution in [1.82, 2.24) is 10.2 Å². The molecule has 0 spiro atoms. The Morgan fingerprint density at radius 1 is 1.22 bits per heavy atom. The number of amides is 1. The molecule has 1 amide bonds. The van der Waals surface area contributed by atoms with Crippen molar-refractivity contribution in [3.63, 3.8) is 0 Å². The zero-order chi connectivity index (χ0) is 19.1. The van der Waals surface area contributed by atoms with E-state index >= 15 is 0 Å². The fourth-order valence-corrected chi connectivity index (χ4v) is 3.46. The molecule has 1 fully saturated rings. The molecule has 0 radical (unpaired) electrons. The second-order valence-electron chi connectivity index (χ2n) is 6.58. The minimum atomic E-state index is -0.0815. The van der Waals surface area contributed by atoms with Gasteiger partial charge in [-0.05, 0) is 23.8 Å². The van der Waals surface area contributed by atoms with Gasteiger partial charge >= 0.3 is 0 Å². The van der Waals surface area contributed by atoms with Gasteiger partial charge in [-0.1, -0.05) is 41.9 Å². The highest BCUT2D eigenvalue weighted by Gasteiger charge is 2.21. The second-order valence-corrected chi connectivity index (χ2v) is 7.01. The molecule has 5 nitrogen and oxygen atoms in total. The van der Waals surface area contributed by atoms with Crippen LogP contribution in [0.4, 0.5) is 0 Å². The highest BCUT2D eigenvalue weighted by atomic mass is 35.5. The summed E-state index contributed by atoms with van der Waals surface area (Å²) in [6.07, 6.45) is 0.218. The van der Waals surface area contributed by atoms with Gasteiger partial charge in [0.1, 0.15) is 5.75 Å². The Kier molecular flexibility index (Phi) is 7.10. The van der Waals surface area contributed by atoms with Crippen molar-refractivity contribution >= 4 is 17.5 Å². The topological polar surface area (TPSA) is 50.8 Å². The van der Waals surface area contributed by atoms with Gasteiger partial charge in [0.2, 0.25) is 5.91 Å². The number of nitrogens with zero attached hydrogens (tertiary/aromatic N) is 1. The van der Waals surface area contributed by atoms with Gasteiger partial charge in [-0.3, -0.25) is 9.69 Å². The molecule has 0 aromatic heterocycles. The molecule has 0 bridgehead atoms. The number of rotatable bonds is 7. The molecule has 1 aliphatic heterocycles. The van der Waals surface area contributed by atoms with Crippen LogP contribution in [0.1, 0.15) is 17.2 Å². The predicted molar refractivity (Wildman–Crippen MR) is 106 cm³/mol. The smallest absolute Gasteiger partial charge is 0.225 e. The number of morpholine rings is 1. The van der Waals surface area contributed by atoms with Crippen molar-refractivity contribution < 1.29 is 14.3 Å². The number of methoxy groups -OCH3 is 1. The number of nitrogens with one attached hydrogen (secondary N) is 1.